The lowest BCUT2D eigenvalue weighted by atomic mass is 9.83. The van der Waals surface area contributed by atoms with Crippen molar-refractivity contribution in [1.82, 2.24) is 4.90 Å². The molecule has 164 valence electrons. The van der Waals surface area contributed by atoms with E-state index >= 15 is 0 Å². The monoisotopic (exact) mass is 451 g/mol. The van der Waals surface area contributed by atoms with E-state index < -0.39 is 53.4 Å². The van der Waals surface area contributed by atoms with Gasteiger partial charge in [-0.25, -0.2) is 17.6 Å². The summed E-state index contributed by atoms with van der Waals surface area (Å²) in [6.45, 7) is 3.68. The van der Waals surface area contributed by atoms with Gasteiger partial charge in [0.25, 0.3) is 0 Å². The number of benzene rings is 2. The molecule has 0 atom stereocenters. The summed E-state index contributed by atoms with van der Waals surface area (Å²) < 4.78 is 101. The van der Waals surface area contributed by atoms with Crippen molar-refractivity contribution in [2.24, 2.45) is 0 Å². The maximum absolute atomic E-state index is 14.6. The van der Waals surface area contributed by atoms with E-state index in [1.54, 1.807) is 13.3 Å². The van der Waals surface area contributed by atoms with Crippen LogP contribution < -0.4 is 4.74 Å². The number of hydrogen-bond acceptors (Lipinski definition) is 3. The van der Waals surface area contributed by atoms with Crippen LogP contribution in [0.2, 0.25) is 0 Å². The van der Waals surface area contributed by atoms with Gasteiger partial charge in [-0.15, -0.1) is 0 Å². The zero-order valence-corrected chi connectivity index (χ0v) is 17.2. The molecule has 3 rings (SSSR count). The van der Waals surface area contributed by atoms with E-state index in [1.807, 2.05) is 4.90 Å². The molecule has 0 aliphatic carbocycles. The van der Waals surface area contributed by atoms with Crippen LogP contribution in [0, 0.1) is 34.9 Å². The van der Waals surface area contributed by atoms with Crippen molar-refractivity contribution >= 4 is 7.14 Å². The molecule has 0 amide bonds. The Morgan fingerprint density at radius 3 is 1.90 bits per heavy atom. The zero-order chi connectivity index (χ0) is 22.3. The van der Waals surface area contributed by atoms with Gasteiger partial charge in [-0.2, -0.15) is 8.78 Å². The minimum atomic E-state index is -2.41. The lowest BCUT2D eigenvalue weighted by molar-refractivity contribution is -0.00839. The van der Waals surface area contributed by atoms with Crippen molar-refractivity contribution in [3.63, 3.8) is 0 Å². The summed E-state index contributed by atoms with van der Waals surface area (Å²) in [6.07, 6.45) is 0.268. The summed E-state index contributed by atoms with van der Waals surface area (Å²) >= 11 is 0. The standard InChI is InChI=1S/C20H20F6NO2P/c1-30(2,28)11-27-9-7-20(8-10-27,12-5-3-4-6-13(12)21)29-19-17(25)15(23)14(22)16(24)18(19)26/h3-6H,7-11H2,1-2H3. The van der Waals surface area contributed by atoms with Crippen LogP contribution in [0.3, 0.4) is 0 Å². The van der Waals surface area contributed by atoms with Crippen molar-refractivity contribution in [3.05, 3.63) is 64.7 Å². The third-order valence-electron chi connectivity index (χ3n) is 5.04. The SMILES string of the molecule is CP(C)(=O)CN1CCC(Oc2c(F)c(F)c(F)c(F)c2F)(c2ccccc2F)CC1. The number of piperidine rings is 1. The summed E-state index contributed by atoms with van der Waals surface area (Å²) in [5, 5.41) is 0. The Kier molecular flexibility index (Phi) is 6.25. The predicted molar refractivity (Wildman–Crippen MR) is 100 cm³/mol. The van der Waals surface area contributed by atoms with Crippen LogP contribution >= 0.6 is 7.14 Å². The fourth-order valence-corrected chi connectivity index (χ4v) is 4.91. The Morgan fingerprint density at radius 2 is 1.40 bits per heavy atom. The average Bonchev–Trinajstić information content (AvgIpc) is 2.69. The van der Waals surface area contributed by atoms with E-state index in [1.165, 1.54) is 18.2 Å². The van der Waals surface area contributed by atoms with E-state index in [-0.39, 0.29) is 37.8 Å². The highest BCUT2D eigenvalue weighted by molar-refractivity contribution is 7.62. The first-order valence-electron chi connectivity index (χ1n) is 9.17. The van der Waals surface area contributed by atoms with Crippen LogP contribution in [-0.2, 0) is 10.2 Å². The van der Waals surface area contributed by atoms with Crippen LogP contribution in [0.5, 0.6) is 5.75 Å². The van der Waals surface area contributed by atoms with Gasteiger partial charge < -0.3 is 9.30 Å². The van der Waals surface area contributed by atoms with Gasteiger partial charge in [0.1, 0.15) is 11.4 Å². The Hall–Kier alpha value is -1.99. The number of rotatable bonds is 5. The molecular weight excluding hydrogens is 431 g/mol. The normalized spacial score (nSPS) is 17.2. The predicted octanol–water partition coefficient (Wildman–Crippen LogP) is 5.47. The van der Waals surface area contributed by atoms with Gasteiger partial charge in [0.05, 0.1) is 13.4 Å². The molecule has 2 aromatic carbocycles. The highest BCUT2D eigenvalue weighted by atomic mass is 31.2. The van der Waals surface area contributed by atoms with Crippen molar-refractivity contribution in [2.45, 2.75) is 18.4 Å². The van der Waals surface area contributed by atoms with Gasteiger partial charge in [0.2, 0.25) is 29.1 Å². The minimum absolute atomic E-state index is 0.00652. The number of nitrogens with zero attached hydrogens (tertiary/aromatic N) is 1. The van der Waals surface area contributed by atoms with E-state index in [2.05, 4.69) is 0 Å². The van der Waals surface area contributed by atoms with Gasteiger partial charge in [0, 0.05) is 31.5 Å². The van der Waals surface area contributed by atoms with Gasteiger partial charge in [-0.1, -0.05) is 18.2 Å². The second kappa shape index (κ2) is 8.27. The third kappa shape index (κ3) is 4.37. The van der Waals surface area contributed by atoms with Gasteiger partial charge >= 0.3 is 0 Å². The second-order valence-electron chi connectivity index (χ2n) is 7.81. The van der Waals surface area contributed by atoms with Crippen molar-refractivity contribution in [3.8, 4) is 5.75 Å². The summed E-state index contributed by atoms with van der Waals surface area (Å²) in [5.41, 5.74) is -1.71. The van der Waals surface area contributed by atoms with Crippen LogP contribution in [0.15, 0.2) is 24.3 Å². The maximum Gasteiger partial charge on any atom is 0.207 e. The first kappa shape index (κ1) is 22.7. The van der Waals surface area contributed by atoms with E-state index in [0.717, 1.165) is 6.07 Å². The smallest absolute Gasteiger partial charge is 0.207 e. The molecule has 1 saturated heterocycles. The molecule has 1 fully saturated rings. The van der Waals surface area contributed by atoms with Crippen molar-refractivity contribution < 1.29 is 35.6 Å². The quantitative estimate of drug-likeness (QED) is 0.261. The average molecular weight is 451 g/mol. The van der Waals surface area contributed by atoms with Crippen LogP contribution in [0.4, 0.5) is 26.3 Å². The fourth-order valence-electron chi connectivity index (χ4n) is 3.66. The summed E-state index contributed by atoms with van der Waals surface area (Å²) in [4.78, 5) is 1.84. The van der Waals surface area contributed by atoms with Crippen LogP contribution in [0.25, 0.3) is 0 Å². The lowest BCUT2D eigenvalue weighted by Crippen LogP contribution is -2.47. The van der Waals surface area contributed by atoms with Gasteiger partial charge in [-0.05, 0) is 19.4 Å². The highest BCUT2D eigenvalue weighted by Crippen LogP contribution is 2.44. The molecule has 3 nitrogen and oxygen atoms in total. The van der Waals surface area contributed by atoms with E-state index in [4.69, 9.17) is 4.74 Å². The topological polar surface area (TPSA) is 29.5 Å². The molecule has 0 radical (unpaired) electrons. The Morgan fingerprint density at radius 1 is 0.900 bits per heavy atom. The van der Waals surface area contributed by atoms with Crippen LogP contribution in [-0.4, -0.2) is 37.6 Å². The molecule has 1 heterocycles. The largest absolute Gasteiger partial charge is 0.476 e. The summed E-state index contributed by atoms with van der Waals surface area (Å²) in [7, 11) is -2.41. The van der Waals surface area contributed by atoms with Crippen LogP contribution in [0.1, 0.15) is 18.4 Å². The summed E-state index contributed by atoms with van der Waals surface area (Å²) in [6, 6.07) is 5.37. The first-order valence-corrected chi connectivity index (χ1v) is 12.0. The van der Waals surface area contributed by atoms with Gasteiger partial charge in [0.15, 0.2) is 5.75 Å². The summed E-state index contributed by atoms with van der Waals surface area (Å²) in [5.74, 6) is -13.0. The van der Waals surface area contributed by atoms with Crippen molar-refractivity contribution in [1.29, 1.82) is 0 Å². The first-order chi connectivity index (χ1) is 13.9. The number of likely N-dealkylation sites (tertiary alicyclic amines) is 1. The molecule has 0 spiro atoms. The van der Waals surface area contributed by atoms with Crippen molar-refractivity contribution in [2.75, 3.05) is 32.7 Å². The second-order valence-corrected chi connectivity index (χ2v) is 11.2. The number of halogens is 6. The lowest BCUT2D eigenvalue weighted by Gasteiger charge is -2.42. The highest BCUT2D eigenvalue weighted by Gasteiger charge is 2.43. The Balaban J connectivity index is 2.04. The molecule has 1 aliphatic rings. The fraction of sp³-hybridized carbons (Fsp3) is 0.400. The van der Waals surface area contributed by atoms with E-state index in [9.17, 15) is 30.9 Å². The molecule has 2 aromatic rings. The number of hydrogen-bond donors (Lipinski definition) is 0. The van der Waals surface area contributed by atoms with Gasteiger partial charge in [-0.3, -0.25) is 4.90 Å². The third-order valence-corrected chi connectivity index (χ3v) is 6.12. The Bertz CT molecular complexity index is 972. The zero-order valence-electron chi connectivity index (χ0n) is 16.3. The molecule has 0 aromatic heterocycles. The molecular formula is C20H20F6NO2P. The molecule has 30 heavy (non-hydrogen) atoms. The molecule has 10 heteroatoms. The van der Waals surface area contributed by atoms with E-state index in [0.29, 0.717) is 0 Å². The minimum Gasteiger partial charge on any atom is -0.476 e. The molecule has 0 unspecified atom stereocenters. The molecule has 1 aliphatic heterocycles. The maximum atomic E-state index is 14.6. The molecule has 0 bridgehead atoms. The number of ether oxygens (including phenoxy) is 1. The Labute approximate surface area is 170 Å². The molecule has 0 saturated carbocycles. The molecule has 0 N–H and O–H groups in total.